The standard InChI is InChI=1S/C12H26N2/c1-10(2)6-8-14(4)9-12-11(3)5-7-13-12/h10-13H,5-9H2,1-4H3. The Morgan fingerprint density at radius 2 is 2.14 bits per heavy atom. The molecule has 1 fully saturated rings. The van der Waals surface area contributed by atoms with Crippen molar-refractivity contribution in [2.75, 3.05) is 26.7 Å². The number of likely N-dealkylation sites (N-methyl/N-ethyl adjacent to an activating group) is 1. The molecule has 1 saturated heterocycles. The van der Waals surface area contributed by atoms with E-state index in [1.807, 2.05) is 0 Å². The smallest absolute Gasteiger partial charge is 0.0220 e. The predicted octanol–water partition coefficient (Wildman–Crippen LogP) is 1.96. The fourth-order valence-corrected chi connectivity index (χ4v) is 2.05. The molecule has 2 heteroatoms. The molecule has 1 N–H and O–H groups in total. The summed E-state index contributed by atoms with van der Waals surface area (Å²) in [5, 5.41) is 3.58. The van der Waals surface area contributed by atoms with Crippen molar-refractivity contribution in [2.24, 2.45) is 11.8 Å². The van der Waals surface area contributed by atoms with Crippen LogP contribution in [0.2, 0.25) is 0 Å². The average molecular weight is 198 g/mol. The Labute approximate surface area is 89.1 Å². The van der Waals surface area contributed by atoms with Gasteiger partial charge in [0.25, 0.3) is 0 Å². The van der Waals surface area contributed by atoms with Crippen LogP contribution in [-0.4, -0.2) is 37.6 Å². The summed E-state index contributed by atoms with van der Waals surface area (Å²) in [6.07, 6.45) is 2.67. The van der Waals surface area contributed by atoms with Crippen molar-refractivity contribution in [1.82, 2.24) is 10.2 Å². The summed E-state index contributed by atoms with van der Waals surface area (Å²) in [7, 11) is 2.25. The van der Waals surface area contributed by atoms with Gasteiger partial charge in [-0.05, 0) is 44.8 Å². The third-order valence-corrected chi connectivity index (χ3v) is 3.29. The minimum atomic E-state index is 0.729. The van der Waals surface area contributed by atoms with Crippen molar-refractivity contribution < 1.29 is 0 Å². The summed E-state index contributed by atoms with van der Waals surface area (Å²) in [4.78, 5) is 2.47. The van der Waals surface area contributed by atoms with Crippen LogP contribution in [0, 0.1) is 11.8 Å². The van der Waals surface area contributed by atoms with E-state index >= 15 is 0 Å². The van der Waals surface area contributed by atoms with E-state index in [-0.39, 0.29) is 0 Å². The van der Waals surface area contributed by atoms with Gasteiger partial charge >= 0.3 is 0 Å². The fraction of sp³-hybridized carbons (Fsp3) is 1.00. The number of hydrogen-bond acceptors (Lipinski definition) is 2. The molecule has 1 rings (SSSR count). The molecule has 1 aliphatic heterocycles. The lowest BCUT2D eigenvalue weighted by atomic mass is 10.0. The van der Waals surface area contributed by atoms with Gasteiger partial charge < -0.3 is 10.2 Å². The minimum absolute atomic E-state index is 0.729. The van der Waals surface area contributed by atoms with E-state index in [9.17, 15) is 0 Å². The van der Waals surface area contributed by atoms with Gasteiger partial charge in [0.2, 0.25) is 0 Å². The largest absolute Gasteiger partial charge is 0.312 e. The summed E-state index contributed by atoms with van der Waals surface area (Å²) in [5.41, 5.74) is 0. The van der Waals surface area contributed by atoms with E-state index in [1.165, 1.54) is 32.5 Å². The van der Waals surface area contributed by atoms with Crippen molar-refractivity contribution >= 4 is 0 Å². The van der Waals surface area contributed by atoms with E-state index in [0.717, 1.165) is 17.9 Å². The molecule has 14 heavy (non-hydrogen) atoms. The number of hydrogen-bond donors (Lipinski definition) is 1. The number of rotatable bonds is 5. The number of nitrogens with one attached hydrogen (secondary N) is 1. The second kappa shape index (κ2) is 5.72. The predicted molar refractivity (Wildman–Crippen MR) is 62.5 cm³/mol. The highest BCUT2D eigenvalue weighted by Gasteiger charge is 2.23. The van der Waals surface area contributed by atoms with Gasteiger partial charge in [-0.3, -0.25) is 0 Å². The van der Waals surface area contributed by atoms with Crippen molar-refractivity contribution in [3.05, 3.63) is 0 Å². The minimum Gasteiger partial charge on any atom is -0.312 e. The first-order chi connectivity index (χ1) is 6.59. The number of nitrogens with zero attached hydrogens (tertiary/aromatic N) is 1. The van der Waals surface area contributed by atoms with Gasteiger partial charge in [-0.2, -0.15) is 0 Å². The fourth-order valence-electron chi connectivity index (χ4n) is 2.05. The lowest BCUT2D eigenvalue weighted by Gasteiger charge is -2.24. The highest BCUT2D eigenvalue weighted by molar-refractivity contribution is 4.82. The van der Waals surface area contributed by atoms with Crippen LogP contribution < -0.4 is 5.32 Å². The molecule has 0 bridgehead atoms. The molecular weight excluding hydrogens is 172 g/mol. The van der Waals surface area contributed by atoms with Gasteiger partial charge in [-0.25, -0.2) is 0 Å². The van der Waals surface area contributed by atoms with E-state index in [1.54, 1.807) is 0 Å². The molecular formula is C12H26N2. The average Bonchev–Trinajstić information content (AvgIpc) is 2.49. The monoisotopic (exact) mass is 198 g/mol. The van der Waals surface area contributed by atoms with Crippen molar-refractivity contribution in [1.29, 1.82) is 0 Å². The molecule has 1 heterocycles. The van der Waals surface area contributed by atoms with Crippen LogP contribution in [0.1, 0.15) is 33.6 Å². The third-order valence-electron chi connectivity index (χ3n) is 3.29. The first-order valence-corrected chi connectivity index (χ1v) is 6.01. The van der Waals surface area contributed by atoms with Crippen molar-refractivity contribution in [3.8, 4) is 0 Å². The first kappa shape index (κ1) is 12.0. The summed E-state index contributed by atoms with van der Waals surface area (Å²) >= 11 is 0. The van der Waals surface area contributed by atoms with Crippen molar-refractivity contribution in [2.45, 2.75) is 39.7 Å². The van der Waals surface area contributed by atoms with Crippen LogP contribution in [0.25, 0.3) is 0 Å². The molecule has 1 aliphatic rings. The Morgan fingerprint density at radius 3 is 2.64 bits per heavy atom. The molecule has 2 unspecified atom stereocenters. The van der Waals surface area contributed by atoms with Crippen LogP contribution in [0.4, 0.5) is 0 Å². The maximum absolute atomic E-state index is 3.58. The van der Waals surface area contributed by atoms with Crippen LogP contribution in [0.3, 0.4) is 0 Å². The molecule has 0 saturated carbocycles. The molecule has 0 aromatic carbocycles. The topological polar surface area (TPSA) is 15.3 Å². The summed E-state index contributed by atoms with van der Waals surface area (Å²) in [5.74, 6) is 1.68. The van der Waals surface area contributed by atoms with Gasteiger partial charge in [0.15, 0.2) is 0 Å². The zero-order valence-corrected chi connectivity index (χ0v) is 10.2. The van der Waals surface area contributed by atoms with Gasteiger partial charge in [0.05, 0.1) is 0 Å². The second-order valence-electron chi connectivity index (χ2n) is 5.27. The third kappa shape index (κ3) is 3.97. The maximum Gasteiger partial charge on any atom is 0.0220 e. The molecule has 2 nitrogen and oxygen atoms in total. The SMILES string of the molecule is CC(C)CCN(C)CC1NCCC1C. The zero-order chi connectivity index (χ0) is 10.6. The van der Waals surface area contributed by atoms with Gasteiger partial charge in [-0.1, -0.05) is 20.8 Å². The highest BCUT2D eigenvalue weighted by atomic mass is 15.1. The molecule has 0 aliphatic carbocycles. The molecule has 0 radical (unpaired) electrons. The lowest BCUT2D eigenvalue weighted by molar-refractivity contribution is 0.264. The summed E-state index contributed by atoms with van der Waals surface area (Å²) in [6, 6.07) is 0.729. The lowest BCUT2D eigenvalue weighted by Crippen LogP contribution is -2.38. The van der Waals surface area contributed by atoms with E-state index in [4.69, 9.17) is 0 Å². The Bertz CT molecular complexity index is 156. The van der Waals surface area contributed by atoms with Gasteiger partial charge in [0, 0.05) is 12.6 Å². The Kier molecular flexibility index (Phi) is 4.90. The van der Waals surface area contributed by atoms with Crippen LogP contribution >= 0.6 is 0 Å². The first-order valence-electron chi connectivity index (χ1n) is 6.01. The molecule has 0 spiro atoms. The Morgan fingerprint density at radius 1 is 1.43 bits per heavy atom. The highest BCUT2D eigenvalue weighted by Crippen LogP contribution is 2.15. The van der Waals surface area contributed by atoms with E-state index in [0.29, 0.717) is 0 Å². The zero-order valence-electron chi connectivity index (χ0n) is 10.2. The summed E-state index contributed by atoms with van der Waals surface area (Å²) < 4.78 is 0. The Hall–Kier alpha value is -0.0800. The van der Waals surface area contributed by atoms with Crippen LogP contribution in [0.15, 0.2) is 0 Å². The molecule has 84 valence electrons. The van der Waals surface area contributed by atoms with E-state index in [2.05, 4.69) is 38.0 Å². The van der Waals surface area contributed by atoms with E-state index < -0.39 is 0 Å². The van der Waals surface area contributed by atoms with Crippen molar-refractivity contribution in [3.63, 3.8) is 0 Å². The van der Waals surface area contributed by atoms with Crippen LogP contribution in [-0.2, 0) is 0 Å². The second-order valence-corrected chi connectivity index (χ2v) is 5.27. The summed E-state index contributed by atoms with van der Waals surface area (Å²) in [6.45, 7) is 10.6. The molecule has 0 amide bonds. The Balaban J connectivity index is 2.16. The van der Waals surface area contributed by atoms with Crippen LogP contribution in [0.5, 0.6) is 0 Å². The molecule has 2 atom stereocenters. The maximum atomic E-state index is 3.58. The normalized spacial score (nSPS) is 27.9. The quantitative estimate of drug-likeness (QED) is 0.726. The molecule has 0 aromatic heterocycles. The van der Waals surface area contributed by atoms with Gasteiger partial charge in [0.1, 0.15) is 0 Å². The van der Waals surface area contributed by atoms with Gasteiger partial charge in [-0.15, -0.1) is 0 Å². The molecule has 0 aromatic rings.